The van der Waals surface area contributed by atoms with Crippen LogP contribution in [0.2, 0.25) is 0 Å². The molecule has 3 rings (SSSR count). The van der Waals surface area contributed by atoms with Crippen LogP contribution in [0.5, 0.6) is 0 Å². The van der Waals surface area contributed by atoms with Crippen LogP contribution in [0.1, 0.15) is 37.4 Å². The molecule has 144 valence electrons. The van der Waals surface area contributed by atoms with E-state index in [1.165, 1.54) is 5.56 Å². The summed E-state index contributed by atoms with van der Waals surface area (Å²) in [6.45, 7) is 3.84. The van der Waals surface area contributed by atoms with E-state index in [2.05, 4.69) is 39.9 Å². The lowest BCUT2D eigenvalue weighted by atomic mass is 9.82. The van der Waals surface area contributed by atoms with E-state index >= 15 is 0 Å². The fourth-order valence-electron chi connectivity index (χ4n) is 3.40. The van der Waals surface area contributed by atoms with Crippen LogP contribution in [0.15, 0.2) is 71.3 Å². The molecule has 0 bridgehead atoms. The second-order valence-electron chi connectivity index (χ2n) is 7.42. The van der Waals surface area contributed by atoms with Gasteiger partial charge in [0, 0.05) is 17.1 Å². The summed E-state index contributed by atoms with van der Waals surface area (Å²) in [7, 11) is 0. The maximum atomic E-state index is 10.5. The van der Waals surface area contributed by atoms with Gasteiger partial charge in [-0.3, -0.25) is 0 Å². The maximum Gasteiger partial charge on any atom is 0.120 e. The molecule has 1 heterocycles. The Bertz CT molecular complexity index is 776. The van der Waals surface area contributed by atoms with Gasteiger partial charge in [0.05, 0.1) is 18.2 Å². The average Bonchev–Trinajstić information content (AvgIpc) is 2.69. The Balaban J connectivity index is 1.87. The van der Waals surface area contributed by atoms with E-state index in [4.69, 9.17) is 4.74 Å². The molecule has 0 spiro atoms. The molecule has 0 aliphatic carbocycles. The van der Waals surface area contributed by atoms with E-state index in [0.717, 1.165) is 10.0 Å². The first-order chi connectivity index (χ1) is 12.9. The zero-order valence-corrected chi connectivity index (χ0v) is 17.3. The highest BCUT2D eigenvalue weighted by Crippen LogP contribution is 2.39. The molecule has 0 amide bonds. The van der Waals surface area contributed by atoms with E-state index in [-0.39, 0.29) is 19.1 Å². The largest absolute Gasteiger partial charge is 0.393 e. The highest BCUT2D eigenvalue weighted by atomic mass is 79.9. The van der Waals surface area contributed by atoms with Gasteiger partial charge in [-0.05, 0) is 43.2 Å². The molecule has 0 saturated carbocycles. The molecule has 0 aromatic heterocycles. The highest BCUT2D eigenvalue weighted by Gasteiger charge is 2.40. The summed E-state index contributed by atoms with van der Waals surface area (Å²) in [6, 6.07) is 18.3. The highest BCUT2D eigenvalue weighted by molar-refractivity contribution is 9.10. The van der Waals surface area contributed by atoms with Crippen molar-refractivity contribution >= 4 is 15.9 Å². The van der Waals surface area contributed by atoms with Gasteiger partial charge in [-0.25, -0.2) is 0 Å². The van der Waals surface area contributed by atoms with Crippen LogP contribution in [0.3, 0.4) is 0 Å². The Kier molecular flexibility index (Phi) is 6.06. The van der Waals surface area contributed by atoms with Crippen LogP contribution in [0.4, 0.5) is 0 Å². The summed E-state index contributed by atoms with van der Waals surface area (Å²) in [5.41, 5.74) is 0.148. The number of hydrogen-bond acceptors (Lipinski definition) is 4. The van der Waals surface area contributed by atoms with Gasteiger partial charge < -0.3 is 19.8 Å². The molecule has 27 heavy (non-hydrogen) atoms. The van der Waals surface area contributed by atoms with E-state index in [1.54, 1.807) is 6.92 Å². The van der Waals surface area contributed by atoms with Gasteiger partial charge in [-0.1, -0.05) is 58.4 Å². The smallest absolute Gasteiger partial charge is 0.120 e. The fraction of sp³-hybridized carbons (Fsp3) is 0.364. The summed E-state index contributed by atoms with van der Waals surface area (Å²) in [5.74, 6) is 0. The lowest BCUT2D eigenvalue weighted by Gasteiger charge is -2.43. The molecular weight excluding hydrogens is 406 g/mol. The molecular formula is C22H26BrNO3. The molecule has 3 atom stereocenters. The number of nitrogens with zero attached hydrogens (tertiary/aromatic N) is 1. The second kappa shape index (κ2) is 8.15. The van der Waals surface area contributed by atoms with Gasteiger partial charge in [0.25, 0.3) is 0 Å². The lowest BCUT2D eigenvalue weighted by Crippen LogP contribution is -2.45. The minimum atomic E-state index is -1.24. The number of benzene rings is 2. The summed E-state index contributed by atoms with van der Waals surface area (Å²) in [5, 5.41) is 20.1. The van der Waals surface area contributed by atoms with Crippen LogP contribution in [0.25, 0.3) is 0 Å². The van der Waals surface area contributed by atoms with Gasteiger partial charge in [0.15, 0.2) is 0 Å². The molecule has 1 aliphatic rings. The molecule has 2 aromatic carbocycles. The van der Waals surface area contributed by atoms with Gasteiger partial charge in [-0.15, -0.1) is 0 Å². The maximum absolute atomic E-state index is 10.5. The predicted molar refractivity (Wildman–Crippen MR) is 110 cm³/mol. The molecule has 0 saturated heterocycles. The van der Waals surface area contributed by atoms with Crippen LogP contribution in [0, 0.1) is 0 Å². The van der Waals surface area contributed by atoms with Crippen LogP contribution < -0.4 is 0 Å². The number of ether oxygens (including phenoxy) is 1. The Morgan fingerprint density at radius 1 is 1.19 bits per heavy atom. The minimum absolute atomic E-state index is 0.154. The topological polar surface area (TPSA) is 52.9 Å². The Morgan fingerprint density at radius 3 is 2.41 bits per heavy atom. The zero-order valence-electron chi connectivity index (χ0n) is 15.7. The van der Waals surface area contributed by atoms with E-state index < -0.39 is 11.2 Å². The summed E-state index contributed by atoms with van der Waals surface area (Å²) < 4.78 is 7.38. The van der Waals surface area contributed by atoms with Crippen LogP contribution in [-0.2, 0) is 10.3 Å². The molecule has 5 heteroatoms. The van der Waals surface area contributed by atoms with Crippen molar-refractivity contribution in [1.29, 1.82) is 0 Å². The normalized spacial score (nSPS) is 23.1. The Labute approximate surface area is 169 Å². The SMILES string of the molecule is C[C@@H](c1ccc(Br)cc1)N1C=C[C@@](CC(C)(O)CO)(c2ccccc2)OC1. The van der Waals surface area contributed by atoms with Gasteiger partial charge >= 0.3 is 0 Å². The summed E-state index contributed by atoms with van der Waals surface area (Å²) >= 11 is 3.47. The zero-order chi connectivity index (χ0) is 19.5. The number of rotatable bonds is 6. The summed E-state index contributed by atoms with van der Waals surface area (Å²) in [6.07, 6.45) is 4.31. The number of aliphatic hydroxyl groups is 2. The van der Waals surface area contributed by atoms with Crippen molar-refractivity contribution in [2.45, 2.75) is 37.5 Å². The third-order valence-electron chi connectivity index (χ3n) is 5.10. The first-order valence-electron chi connectivity index (χ1n) is 9.08. The van der Waals surface area contributed by atoms with Gasteiger partial charge in [0.1, 0.15) is 12.3 Å². The Morgan fingerprint density at radius 2 is 1.85 bits per heavy atom. The van der Waals surface area contributed by atoms with Gasteiger partial charge in [-0.2, -0.15) is 0 Å². The first-order valence-corrected chi connectivity index (χ1v) is 9.88. The minimum Gasteiger partial charge on any atom is -0.393 e. The number of hydrogen-bond donors (Lipinski definition) is 2. The number of halogens is 1. The van der Waals surface area contributed by atoms with Crippen molar-refractivity contribution in [2.75, 3.05) is 13.3 Å². The standard InChI is InChI=1S/C22H26BrNO3/c1-17(18-8-10-20(23)11-9-18)24-13-12-22(27-16-24,14-21(2,26)15-25)19-6-4-3-5-7-19/h3-13,17,25-26H,14-16H2,1-2H3/t17-,21?,22+/m0/s1. The fourth-order valence-corrected chi connectivity index (χ4v) is 3.67. The van der Waals surface area contributed by atoms with Crippen molar-refractivity contribution in [3.63, 3.8) is 0 Å². The predicted octanol–water partition coefficient (Wildman–Crippen LogP) is 4.34. The second-order valence-corrected chi connectivity index (χ2v) is 8.33. The molecule has 2 N–H and O–H groups in total. The quantitative estimate of drug-likeness (QED) is 0.713. The average molecular weight is 432 g/mol. The number of aliphatic hydroxyl groups excluding tert-OH is 1. The first kappa shape index (κ1) is 20.1. The van der Waals surface area contributed by atoms with Crippen LogP contribution in [-0.4, -0.2) is 34.1 Å². The third kappa shape index (κ3) is 4.61. The molecule has 0 fully saturated rings. The Hall–Kier alpha value is -1.66. The summed E-state index contributed by atoms with van der Waals surface area (Å²) in [4.78, 5) is 2.12. The van der Waals surface area contributed by atoms with E-state index in [1.807, 2.05) is 54.7 Å². The molecule has 2 aromatic rings. The monoisotopic (exact) mass is 431 g/mol. The third-order valence-corrected chi connectivity index (χ3v) is 5.63. The van der Waals surface area contributed by atoms with Crippen molar-refractivity contribution in [3.05, 3.63) is 82.5 Å². The van der Waals surface area contributed by atoms with Crippen molar-refractivity contribution in [2.24, 2.45) is 0 Å². The molecule has 1 unspecified atom stereocenters. The van der Waals surface area contributed by atoms with Gasteiger partial charge in [0.2, 0.25) is 0 Å². The lowest BCUT2D eigenvalue weighted by molar-refractivity contribution is -0.128. The van der Waals surface area contributed by atoms with Crippen molar-refractivity contribution in [3.8, 4) is 0 Å². The van der Waals surface area contributed by atoms with Crippen molar-refractivity contribution < 1.29 is 14.9 Å². The van der Waals surface area contributed by atoms with Crippen LogP contribution >= 0.6 is 15.9 Å². The molecule has 1 aliphatic heterocycles. The molecule has 4 nitrogen and oxygen atoms in total. The molecule has 0 radical (unpaired) electrons. The van der Waals surface area contributed by atoms with E-state index in [9.17, 15) is 10.2 Å². The van der Waals surface area contributed by atoms with E-state index in [0.29, 0.717) is 6.73 Å². The van der Waals surface area contributed by atoms with Crippen molar-refractivity contribution in [1.82, 2.24) is 4.90 Å².